The van der Waals surface area contributed by atoms with E-state index in [0.29, 0.717) is 17.9 Å². The van der Waals surface area contributed by atoms with E-state index in [2.05, 4.69) is 10.4 Å². The van der Waals surface area contributed by atoms with Crippen molar-refractivity contribution in [3.05, 3.63) is 46.0 Å². The third-order valence-corrected chi connectivity index (χ3v) is 4.58. The van der Waals surface area contributed by atoms with E-state index in [1.807, 2.05) is 37.7 Å². The first-order valence-electron chi connectivity index (χ1n) is 7.90. The maximum atomic E-state index is 14.6. The van der Waals surface area contributed by atoms with Gasteiger partial charge < -0.3 is 10.1 Å². The lowest BCUT2D eigenvalue weighted by Crippen LogP contribution is -2.40. The van der Waals surface area contributed by atoms with E-state index in [1.54, 1.807) is 6.07 Å². The zero-order chi connectivity index (χ0) is 16.6. The van der Waals surface area contributed by atoms with E-state index in [-0.39, 0.29) is 22.8 Å². The van der Waals surface area contributed by atoms with E-state index < -0.39 is 0 Å². The molecule has 0 amide bonds. The van der Waals surface area contributed by atoms with Crippen LogP contribution in [0.1, 0.15) is 42.6 Å². The van der Waals surface area contributed by atoms with Crippen LogP contribution in [-0.4, -0.2) is 29.5 Å². The van der Waals surface area contributed by atoms with Crippen LogP contribution in [0.4, 0.5) is 4.39 Å². The standard InChI is InChI=1S/C17H21ClFN3O/c1-4-23-17-13(11(3)22-6-5-10(2)21-22)7-14(18)16(19)15(17)12-8-20-9-12/h5-7,11-12,20H,4,8-9H2,1-3H3. The third kappa shape index (κ3) is 2.95. The van der Waals surface area contributed by atoms with Gasteiger partial charge in [0.1, 0.15) is 11.6 Å². The second kappa shape index (κ2) is 6.49. The van der Waals surface area contributed by atoms with Crippen LogP contribution in [0, 0.1) is 12.7 Å². The number of rotatable bonds is 5. The fourth-order valence-corrected chi connectivity index (χ4v) is 3.13. The Balaban J connectivity index is 2.12. The molecule has 3 rings (SSSR count). The van der Waals surface area contributed by atoms with E-state index in [4.69, 9.17) is 16.3 Å². The smallest absolute Gasteiger partial charge is 0.149 e. The number of benzene rings is 1. The molecule has 2 aromatic rings. The minimum atomic E-state index is -0.366. The second-order valence-electron chi connectivity index (χ2n) is 5.91. The quantitative estimate of drug-likeness (QED) is 0.904. The zero-order valence-electron chi connectivity index (χ0n) is 13.6. The van der Waals surface area contributed by atoms with Gasteiger partial charge >= 0.3 is 0 Å². The van der Waals surface area contributed by atoms with Crippen LogP contribution in [0.3, 0.4) is 0 Å². The number of nitrogens with zero attached hydrogens (tertiary/aromatic N) is 2. The molecule has 1 fully saturated rings. The molecule has 1 aliphatic heterocycles. The molecule has 0 radical (unpaired) electrons. The summed E-state index contributed by atoms with van der Waals surface area (Å²) < 4.78 is 22.3. The van der Waals surface area contributed by atoms with Crippen molar-refractivity contribution >= 4 is 11.6 Å². The van der Waals surface area contributed by atoms with Crippen LogP contribution in [0.5, 0.6) is 5.75 Å². The Kier molecular flexibility index (Phi) is 4.60. The van der Waals surface area contributed by atoms with Gasteiger partial charge in [0.25, 0.3) is 0 Å². The lowest BCUT2D eigenvalue weighted by Gasteiger charge is -2.31. The van der Waals surface area contributed by atoms with Gasteiger partial charge in [-0.3, -0.25) is 4.68 Å². The molecule has 1 aromatic heterocycles. The molecule has 1 unspecified atom stereocenters. The summed E-state index contributed by atoms with van der Waals surface area (Å²) >= 11 is 6.17. The maximum Gasteiger partial charge on any atom is 0.149 e. The normalized spacial score (nSPS) is 16.2. The van der Waals surface area contributed by atoms with Crippen molar-refractivity contribution in [2.75, 3.05) is 19.7 Å². The predicted octanol–water partition coefficient (Wildman–Crippen LogP) is 3.68. The molecule has 0 bridgehead atoms. The molecule has 1 aromatic carbocycles. The molecular weight excluding hydrogens is 317 g/mol. The second-order valence-corrected chi connectivity index (χ2v) is 6.31. The summed E-state index contributed by atoms with van der Waals surface area (Å²) in [6.45, 7) is 7.82. The highest BCUT2D eigenvalue weighted by molar-refractivity contribution is 6.31. The summed E-state index contributed by atoms with van der Waals surface area (Å²) in [6.07, 6.45) is 1.91. The Morgan fingerprint density at radius 2 is 2.26 bits per heavy atom. The first-order chi connectivity index (χ1) is 11.0. The van der Waals surface area contributed by atoms with E-state index >= 15 is 0 Å². The SMILES string of the molecule is CCOc1c(C(C)n2ccc(C)n2)cc(Cl)c(F)c1C1CNC1. The van der Waals surface area contributed by atoms with Gasteiger partial charge in [-0.1, -0.05) is 11.6 Å². The fraction of sp³-hybridized carbons (Fsp3) is 0.471. The predicted molar refractivity (Wildman–Crippen MR) is 89.0 cm³/mol. The molecule has 2 heterocycles. The minimum absolute atomic E-state index is 0.0878. The van der Waals surface area contributed by atoms with Gasteiger partial charge in [0.15, 0.2) is 0 Å². The molecule has 23 heavy (non-hydrogen) atoms. The van der Waals surface area contributed by atoms with Crippen molar-refractivity contribution in [2.45, 2.75) is 32.7 Å². The van der Waals surface area contributed by atoms with Crippen LogP contribution >= 0.6 is 11.6 Å². The van der Waals surface area contributed by atoms with Crippen LogP contribution < -0.4 is 10.1 Å². The first kappa shape index (κ1) is 16.3. The number of halogens is 2. The topological polar surface area (TPSA) is 39.1 Å². The Labute approximate surface area is 140 Å². The summed E-state index contributed by atoms with van der Waals surface area (Å²) in [5.74, 6) is 0.344. The van der Waals surface area contributed by atoms with Crippen molar-refractivity contribution in [3.63, 3.8) is 0 Å². The van der Waals surface area contributed by atoms with Crippen molar-refractivity contribution < 1.29 is 9.13 Å². The van der Waals surface area contributed by atoms with Gasteiger partial charge in [-0.2, -0.15) is 5.10 Å². The summed E-state index contributed by atoms with van der Waals surface area (Å²) in [5, 5.41) is 7.78. The van der Waals surface area contributed by atoms with E-state index in [9.17, 15) is 4.39 Å². The van der Waals surface area contributed by atoms with Crippen LogP contribution in [-0.2, 0) is 0 Å². The lowest BCUT2D eigenvalue weighted by molar-refractivity contribution is 0.314. The van der Waals surface area contributed by atoms with Crippen molar-refractivity contribution in [3.8, 4) is 5.75 Å². The van der Waals surface area contributed by atoms with Gasteiger partial charge in [0.2, 0.25) is 0 Å². The van der Waals surface area contributed by atoms with Gasteiger partial charge in [-0.15, -0.1) is 0 Å². The Bertz CT molecular complexity index is 712. The van der Waals surface area contributed by atoms with Gasteiger partial charge in [-0.25, -0.2) is 4.39 Å². The number of aromatic nitrogens is 2. The minimum Gasteiger partial charge on any atom is -0.493 e. The lowest BCUT2D eigenvalue weighted by atomic mass is 9.89. The first-order valence-corrected chi connectivity index (χ1v) is 8.27. The molecule has 1 atom stereocenters. The number of ether oxygens (including phenoxy) is 1. The number of hydrogen-bond donors (Lipinski definition) is 1. The van der Waals surface area contributed by atoms with Gasteiger partial charge in [-0.05, 0) is 32.9 Å². The van der Waals surface area contributed by atoms with Crippen LogP contribution in [0.2, 0.25) is 5.02 Å². The molecule has 4 nitrogen and oxygen atoms in total. The molecule has 0 saturated carbocycles. The largest absolute Gasteiger partial charge is 0.493 e. The van der Waals surface area contributed by atoms with Crippen LogP contribution in [0.15, 0.2) is 18.3 Å². The molecule has 1 saturated heterocycles. The molecule has 1 aliphatic rings. The summed E-state index contributed by atoms with van der Waals surface area (Å²) in [7, 11) is 0. The van der Waals surface area contributed by atoms with Crippen molar-refractivity contribution in [1.29, 1.82) is 0 Å². The monoisotopic (exact) mass is 337 g/mol. The maximum absolute atomic E-state index is 14.6. The number of hydrogen-bond acceptors (Lipinski definition) is 3. The zero-order valence-corrected chi connectivity index (χ0v) is 14.3. The van der Waals surface area contributed by atoms with Crippen molar-refractivity contribution in [1.82, 2.24) is 15.1 Å². The molecule has 124 valence electrons. The summed E-state index contributed by atoms with van der Waals surface area (Å²) in [5.41, 5.74) is 2.39. The molecular formula is C17H21ClFN3O. The average molecular weight is 338 g/mol. The number of aryl methyl sites for hydroxylation is 1. The Morgan fingerprint density at radius 1 is 1.52 bits per heavy atom. The van der Waals surface area contributed by atoms with Crippen LogP contribution in [0.25, 0.3) is 0 Å². The van der Waals surface area contributed by atoms with E-state index in [0.717, 1.165) is 24.3 Å². The van der Waals surface area contributed by atoms with Gasteiger partial charge in [0, 0.05) is 36.3 Å². The molecule has 0 aliphatic carbocycles. The Hall–Kier alpha value is -1.59. The van der Waals surface area contributed by atoms with Gasteiger partial charge in [0.05, 0.1) is 23.4 Å². The third-order valence-electron chi connectivity index (χ3n) is 4.30. The highest BCUT2D eigenvalue weighted by Gasteiger charge is 2.31. The molecule has 0 spiro atoms. The molecule has 6 heteroatoms. The summed E-state index contributed by atoms with van der Waals surface area (Å²) in [6, 6.07) is 3.52. The summed E-state index contributed by atoms with van der Waals surface area (Å²) in [4.78, 5) is 0. The number of nitrogens with one attached hydrogen (secondary N) is 1. The fourth-order valence-electron chi connectivity index (χ4n) is 2.91. The van der Waals surface area contributed by atoms with Crippen molar-refractivity contribution in [2.24, 2.45) is 0 Å². The Morgan fingerprint density at radius 3 is 2.78 bits per heavy atom. The average Bonchev–Trinajstić information content (AvgIpc) is 2.90. The highest BCUT2D eigenvalue weighted by atomic mass is 35.5. The van der Waals surface area contributed by atoms with E-state index in [1.165, 1.54) is 0 Å². The molecule has 1 N–H and O–H groups in total. The highest BCUT2D eigenvalue weighted by Crippen LogP contribution is 2.41.